The van der Waals surface area contributed by atoms with Crippen molar-refractivity contribution in [1.82, 2.24) is 20.1 Å². The number of hydrogen-bond acceptors (Lipinski definition) is 4. The van der Waals surface area contributed by atoms with Crippen LogP contribution in [0.2, 0.25) is 0 Å². The lowest BCUT2D eigenvalue weighted by atomic mass is 9.34. The first-order valence-corrected chi connectivity index (χ1v) is 8.52. The van der Waals surface area contributed by atoms with Gasteiger partial charge in [0.1, 0.15) is 29.9 Å². The van der Waals surface area contributed by atoms with Crippen LogP contribution < -0.4 is 5.32 Å². The minimum Gasteiger partial charge on any atom is -0.383 e. The molecule has 2 bridgehead atoms. The molecule has 5 rings (SSSR count). The fourth-order valence-corrected chi connectivity index (χ4v) is 4.95. The summed E-state index contributed by atoms with van der Waals surface area (Å²) >= 11 is 0. The average molecular weight is 348 g/mol. The summed E-state index contributed by atoms with van der Waals surface area (Å²) in [7, 11) is 1.95. The minimum absolute atomic E-state index is 0.0286. The molecule has 1 aromatic heterocycles. The quantitative estimate of drug-likeness (QED) is 0.840. The van der Waals surface area contributed by atoms with Crippen molar-refractivity contribution in [3.8, 4) is 0 Å². The zero-order chi connectivity index (χ0) is 17.9. The lowest BCUT2D eigenvalue weighted by Crippen LogP contribution is -2.76. The van der Waals surface area contributed by atoms with Crippen molar-refractivity contribution < 1.29 is 13.9 Å². The number of aromatic nitrogens is 3. The number of nitrogens with zero attached hydrogens (tertiary/aromatic N) is 3. The van der Waals surface area contributed by atoms with Gasteiger partial charge in [0, 0.05) is 17.2 Å². The molecular formula is C18H22F2N4O. The van der Waals surface area contributed by atoms with E-state index in [4.69, 9.17) is 0 Å². The molecule has 1 aromatic carbocycles. The Morgan fingerprint density at radius 1 is 1.36 bits per heavy atom. The molecule has 3 aliphatic carbocycles. The van der Waals surface area contributed by atoms with Crippen LogP contribution in [-0.2, 0) is 12.1 Å². The molecule has 0 spiro atoms. The molecule has 2 atom stereocenters. The van der Waals surface area contributed by atoms with Gasteiger partial charge in [0.15, 0.2) is 0 Å². The largest absolute Gasteiger partial charge is 0.383 e. The van der Waals surface area contributed by atoms with Gasteiger partial charge in [-0.3, -0.25) is 0 Å². The number of benzene rings is 1. The summed E-state index contributed by atoms with van der Waals surface area (Å²) < 4.78 is 29.4. The molecule has 3 saturated carbocycles. The van der Waals surface area contributed by atoms with Crippen LogP contribution in [0.15, 0.2) is 30.9 Å². The zero-order valence-corrected chi connectivity index (χ0v) is 14.3. The number of aliphatic hydroxyl groups is 1. The molecule has 2 N–H and O–H groups in total. The predicted octanol–water partition coefficient (Wildman–Crippen LogP) is 2.22. The Bertz CT molecular complexity index is 775. The number of rotatable bonds is 6. The standard InChI is InChI=1S/C18H22F2N4O/c1-12(16-6-17(7-16,8-16)21-2)18(25,9-24-11-22-10-23-24)14-4-3-13(19)5-15(14)20/h3-5,10-12,21,25H,6-9H2,1-2H3/t12?,16?,17?,18-/m1/s1. The Morgan fingerprint density at radius 2 is 2.08 bits per heavy atom. The summed E-state index contributed by atoms with van der Waals surface area (Å²) in [5, 5.41) is 19.0. The Balaban J connectivity index is 1.71. The first-order valence-electron chi connectivity index (χ1n) is 8.52. The highest BCUT2D eigenvalue weighted by molar-refractivity contribution is 5.31. The molecule has 0 radical (unpaired) electrons. The van der Waals surface area contributed by atoms with E-state index >= 15 is 0 Å². The normalized spacial score (nSPS) is 30.9. The molecule has 1 heterocycles. The number of halogens is 2. The molecule has 0 saturated heterocycles. The van der Waals surface area contributed by atoms with Crippen molar-refractivity contribution in [3.63, 3.8) is 0 Å². The molecule has 0 aliphatic heterocycles. The van der Waals surface area contributed by atoms with E-state index in [9.17, 15) is 13.9 Å². The van der Waals surface area contributed by atoms with Gasteiger partial charge in [-0.1, -0.05) is 13.0 Å². The lowest BCUT2D eigenvalue weighted by Gasteiger charge is -2.74. The van der Waals surface area contributed by atoms with E-state index in [2.05, 4.69) is 15.4 Å². The minimum atomic E-state index is -1.49. The highest BCUT2D eigenvalue weighted by Crippen LogP contribution is 2.72. The Labute approximate surface area is 145 Å². The smallest absolute Gasteiger partial charge is 0.137 e. The Hall–Kier alpha value is -1.86. The second-order valence-corrected chi connectivity index (χ2v) is 7.79. The van der Waals surface area contributed by atoms with Crippen molar-refractivity contribution in [2.75, 3.05) is 7.05 Å². The third-order valence-electron chi connectivity index (χ3n) is 6.50. The van der Waals surface area contributed by atoms with E-state index in [0.717, 1.165) is 25.3 Å². The highest BCUT2D eigenvalue weighted by atomic mass is 19.1. The SMILES string of the molecule is CNC12CC(C(C)[C@](O)(Cn3cncn3)c3ccc(F)cc3F)(C1)C2. The molecule has 3 fully saturated rings. The molecule has 134 valence electrons. The second-order valence-electron chi connectivity index (χ2n) is 7.79. The third kappa shape index (κ3) is 2.33. The molecule has 3 aliphatic rings. The molecule has 25 heavy (non-hydrogen) atoms. The van der Waals surface area contributed by atoms with Crippen LogP contribution >= 0.6 is 0 Å². The summed E-state index contributed by atoms with van der Waals surface area (Å²) in [6, 6.07) is 3.36. The van der Waals surface area contributed by atoms with Crippen LogP contribution in [0.1, 0.15) is 31.7 Å². The number of nitrogens with one attached hydrogen (secondary N) is 1. The summed E-state index contributed by atoms with van der Waals surface area (Å²) in [5.41, 5.74) is -1.24. The van der Waals surface area contributed by atoms with Crippen LogP contribution in [0, 0.1) is 23.0 Å². The molecular weight excluding hydrogens is 326 g/mol. The lowest BCUT2D eigenvalue weighted by molar-refractivity contribution is -0.234. The van der Waals surface area contributed by atoms with E-state index in [1.54, 1.807) is 0 Å². The van der Waals surface area contributed by atoms with Gasteiger partial charge in [0.05, 0.1) is 6.54 Å². The Morgan fingerprint density at radius 3 is 2.64 bits per heavy atom. The summed E-state index contributed by atoms with van der Waals surface area (Å²) in [4.78, 5) is 3.90. The van der Waals surface area contributed by atoms with E-state index in [1.807, 2.05) is 14.0 Å². The fraction of sp³-hybridized carbons (Fsp3) is 0.556. The molecule has 2 aromatic rings. The molecule has 1 unspecified atom stereocenters. The summed E-state index contributed by atoms with van der Waals surface area (Å²) in [6.07, 6.45) is 5.75. The maximum Gasteiger partial charge on any atom is 0.137 e. The van der Waals surface area contributed by atoms with Gasteiger partial charge in [-0.25, -0.2) is 18.4 Å². The maximum atomic E-state index is 14.5. The summed E-state index contributed by atoms with van der Waals surface area (Å²) in [5.74, 6) is -1.60. The first-order chi connectivity index (χ1) is 11.8. The third-order valence-corrected chi connectivity index (χ3v) is 6.50. The van der Waals surface area contributed by atoms with E-state index in [-0.39, 0.29) is 29.0 Å². The Kier molecular flexibility index (Phi) is 3.53. The average Bonchev–Trinajstić information content (AvgIpc) is 2.97. The van der Waals surface area contributed by atoms with E-state index in [1.165, 1.54) is 29.5 Å². The highest BCUT2D eigenvalue weighted by Gasteiger charge is 2.71. The van der Waals surface area contributed by atoms with Gasteiger partial charge in [-0.2, -0.15) is 5.10 Å². The van der Waals surface area contributed by atoms with Crippen LogP contribution in [-0.4, -0.2) is 32.5 Å². The van der Waals surface area contributed by atoms with Gasteiger partial charge >= 0.3 is 0 Å². The fourth-order valence-electron chi connectivity index (χ4n) is 4.95. The zero-order valence-electron chi connectivity index (χ0n) is 14.3. The van der Waals surface area contributed by atoms with Gasteiger partial charge in [0.25, 0.3) is 0 Å². The van der Waals surface area contributed by atoms with E-state index < -0.39 is 17.2 Å². The van der Waals surface area contributed by atoms with Gasteiger partial charge in [0.2, 0.25) is 0 Å². The van der Waals surface area contributed by atoms with Crippen LogP contribution in [0.4, 0.5) is 8.78 Å². The van der Waals surface area contributed by atoms with Gasteiger partial charge in [-0.05, 0) is 43.7 Å². The predicted molar refractivity (Wildman–Crippen MR) is 87.5 cm³/mol. The first kappa shape index (κ1) is 16.6. The molecule has 0 amide bonds. The van der Waals surface area contributed by atoms with Crippen molar-refractivity contribution >= 4 is 0 Å². The maximum absolute atomic E-state index is 14.5. The topological polar surface area (TPSA) is 63.0 Å². The van der Waals surface area contributed by atoms with Crippen molar-refractivity contribution in [1.29, 1.82) is 0 Å². The van der Waals surface area contributed by atoms with E-state index in [0.29, 0.717) is 0 Å². The number of hydrogen-bond donors (Lipinski definition) is 2. The van der Waals surface area contributed by atoms with Gasteiger partial charge in [-0.15, -0.1) is 0 Å². The monoisotopic (exact) mass is 348 g/mol. The second kappa shape index (κ2) is 5.32. The van der Waals surface area contributed by atoms with Crippen molar-refractivity contribution in [2.24, 2.45) is 11.3 Å². The van der Waals surface area contributed by atoms with Crippen LogP contribution in [0.3, 0.4) is 0 Å². The molecule has 5 nitrogen and oxygen atoms in total. The van der Waals surface area contributed by atoms with Crippen molar-refractivity contribution in [2.45, 2.75) is 43.9 Å². The van der Waals surface area contributed by atoms with Gasteiger partial charge < -0.3 is 10.4 Å². The van der Waals surface area contributed by atoms with Crippen molar-refractivity contribution in [3.05, 3.63) is 48.1 Å². The summed E-state index contributed by atoms with van der Waals surface area (Å²) in [6.45, 7) is 2.03. The van der Waals surface area contributed by atoms with Crippen LogP contribution in [0.25, 0.3) is 0 Å². The molecule has 7 heteroatoms. The van der Waals surface area contributed by atoms with Crippen LogP contribution in [0.5, 0.6) is 0 Å².